The van der Waals surface area contributed by atoms with Crippen molar-refractivity contribution in [3.05, 3.63) is 64.7 Å². The van der Waals surface area contributed by atoms with Crippen LogP contribution in [0.15, 0.2) is 58.6 Å². The fourth-order valence-electron chi connectivity index (χ4n) is 3.06. The first-order valence-electron chi connectivity index (χ1n) is 8.15. The number of rotatable bonds is 3. The van der Waals surface area contributed by atoms with Crippen LogP contribution in [-0.2, 0) is 0 Å². The average Bonchev–Trinajstić information content (AvgIpc) is 3.29. The van der Waals surface area contributed by atoms with Crippen molar-refractivity contribution in [1.82, 2.24) is 5.01 Å². The van der Waals surface area contributed by atoms with Gasteiger partial charge in [0.25, 0.3) is 0 Å². The van der Waals surface area contributed by atoms with Crippen LogP contribution in [0, 0.1) is 0 Å². The molecule has 132 valence electrons. The Morgan fingerprint density at radius 1 is 1.15 bits per heavy atom. The van der Waals surface area contributed by atoms with Crippen molar-refractivity contribution in [2.24, 2.45) is 10.1 Å². The zero-order valence-corrected chi connectivity index (χ0v) is 15.6. The Kier molecular flexibility index (Phi) is 4.70. The summed E-state index contributed by atoms with van der Waals surface area (Å²) in [7, 11) is 1.65. The van der Waals surface area contributed by atoms with Crippen LogP contribution in [0.25, 0.3) is 0 Å². The number of carbonyl (C=O) groups excluding carboxylic acids is 1. The normalized spacial score (nSPS) is 19.5. The Morgan fingerprint density at radius 2 is 1.88 bits per heavy atom. The van der Waals surface area contributed by atoms with Gasteiger partial charge in [0.2, 0.25) is 0 Å². The molecule has 26 heavy (non-hydrogen) atoms. The molecule has 4 rings (SSSR count). The molecule has 0 aromatic heterocycles. The molecule has 1 atom stereocenters. The van der Waals surface area contributed by atoms with Gasteiger partial charge in [0.15, 0.2) is 0 Å². The quantitative estimate of drug-likeness (QED) is 0.764. The van der Waals surface area contributed by atoms with E-state index in [-0.39, 0.29) is 11.3 Å². The van der Waals surface area contributed by atoms with E-state index in [1.807, 2.05) is 53.5 Å². The molecule has 2 aromatic carbocycles. The van der Waals surface area contributed by atoms with Crippen LogP contribution in [-0.4, -0.2) is 34.7 Å². The molecule has 7 heteroatoms. The molecule has 5 nitrogen and oxygen atoms in total. The van der Waals surface area contributed by atoms with Crippen LogP contribution in [0.3, 0.4) is 0 Å². The summed E-state index contributed by atoms with van der Waals surface area (Å²) in [5, 5.41) is 7.19. The summed E-state index contributed by atoms with van der Waals surface area (Å²) in [6.07, 6.45) is 0.728. The first-order chi connectivity index (χ1) is 12.6. The van der Waals surface area contributed by atoms with Gasteiger partial charge in [-0.05, 0) is 35.4 Å². The number of nitrogens with zero attached hydrogens (tertiary/aromatic N) is 3. The molecule has 0 aliphatic carbocycles. The predicted octanol–water partition coefficient (Wildman–Crippen LogP) is 4.77. The number of hydrazone groups is 1. The van der Waals surface area contributed by atoms with Crippen LogP contribution in [0.2, 0.25) is 5.02 Å². The summed E-state index contributed by atoms with van der Waals surface area (Å²) in [5.41, 5.74) is 3.08. The molecule has 0 saturated heterocycles. The Balaban J connectivity index is 1.69. The maximum atomic E-state index is 11.6. The first kappa shape index (κ1) is 17.1. The van der Waals surface area contributed by atoms with E-state index in [0.717, 1.165) is 29.0 Å². The van der Waals surface area contributed by atoms with Crippen LogP contribution in [0.1, 0.15) is 23.6 Å². The minimum Gasteiger partial charge on any atom is -0.497 e. The number of amides is 1. The summed E-state index contributed by atoms with van der Waals surface area (Å²) in [6, 6.07) is 15.6. The van der Waals surface area contributed by atoms with Gasteiger partial charge in [0, 0.05) is 11.4 Å². The lowest BCUT2D eigenvalue weighted by Crippen LogP contribution is -2.27. The first-order valence-corrected chi connectivity index (χ1v) is 9.51. The topological polar surface area (TPSA) is 54.3 Å². The maximum Gasteiger partial charge on any atom is 0.307 e. The highest BCUT2D eigenvalue weighted by molar-refractivity contribution is 8.14. The molecule has 0 saturated carbocycles. The summed E-state index contributed by atoms with van der Waals surface area (Å²) >= 11 is 7.20. The highest BCUT2D eigenvalue weighted by Gasteiger charge is 2.34. The molecule has 1 amide bonds. The Morgan fingerprint density at radius 3 is 2.50 bits per heavy atom. The highest BCUT2D eigenvalue weighted by atomic mass is 35.5. The second kappa shape index (κ2) is 7.13. The van der Waals surface area contributed by atoms with Gasteiger partial charge in [-0.3, -0.25) is 4.79 Å². The lowest BCUT2D eigenvalue weighted by atomic mass is 9.98. The third-order valence-corrected chi connectivity index (χ3v) is 5.39. The van der Waals surface area contributed by atoms with E-state index in [9.17, 15) is 4.79 Å². The van der Waals surface area contributed by atoms with Crippen LogP contribution >= 0.6 is 23.4 Å². The molecule has 0 N–H and O–H groups in total. The number of halogens is 1. The Bertz CT molecular complexity index is 894. The molecule has 0 bridgehead atoms. The van der Waals surface area contributed by atoms with E-state index < -0.39 is 0 Å². The van der Waals surface area contributed by atoms with Gasteiger partial charge >= 0.3 is 5.24 Å². The van der Waals surface area contributed by atoms with Crippen LogP contribution < -0.4 is 4.74 Å². The number of benzene rings is 2. The summed E-state index contributed by atoms with van der Waals surface area (Å²) in [5.74, 6) is 2.05. The van der Waals surface area contributed by atoms with Crippen LogP contribution in [0.5, 0.6) is 5.75 Å². The average molecular weight is 386 g/mol. The van der Waals surface area contributed by atoms with Crippen molar-refractivity contribution in [2.45, 2.75) is 12.5 Å². The lowest BCUT2D eigenvalue weighted by Gasteiger charge is -2.23. The van der Waals surface area contributed by atoms with Crippen molar-refractivity contribution in [3.63, 3.8) is 0 Å². The summed E-state index contributed by atoms with van der Waals surface area (Å²) < 4.78 is 5.25. The smallest absolute Gasteiger partial charge is 0.307 e. The van der Waals surface area contributed by atoms with Gasteiger partial charge in [0.05, 0.1) is 24.6 Å². The van der Waals surface area contributed by atoms with Crippen molar-refractivity contribution >= 4 is 40.1 Å². The van der Waals surface area contributed by atoms with Gasteiger partial charge in [-0.1, -0.05) is 47.6 Å². The van der Waals surface area contributed by atoms with Crippen molar-refractivity contribution < 1.29 is 9.53 Å². The van der Waals surface area contributed by atoms with Gasteiger partial charge < -0.3 is 4.74 Å². The van der Waals surface area contributed by atoms with E-state index >= 15 is 0 Å². The van der Waals surface area contributed by atoms with E-state index in [1.54, 1.807) is 7.11 Å². The number of carbonyl (C=O) groups is 1. The maximum absolute atomic E-state index is 11.6. The minimum atomic E-state index is -0.163. The number of amidine groups is 1. The molecule has 0 fully saturated rings. The van der Waals surface area contributed by atoms with Gasteiger partial charge in [0.1, 0.15) is 11.6 Å². The molecule has 2 heterocycles. The molecule has 1 unspecified atom stereocenters. The zero-order chi connectivity index (χ0) is 18.1. The van der Waals surface area contributed by atoms with Crippen molar-refractivity contribution in [1.29, 1.82) is 0 Å². The molecule has 0 spiro atoms. The monoisotopic (exact) mass is 385 g/mol. The van der Waals surface area contributed by atoms with E-state index in [1.165, 1.54) is 11.8 Å². The van der Waals surface area contributed by atoms with Crippen molar-refractivity contribution in [2.75, 3.05) is 12.9 Å². The predicted molar refractivity (Wildman–Crippen MR) is 105 cm³/mol. The lowest BCUT2D eigenvalue weighted by molar-refractivity contribution is 0.267. The van der Waals surface area contributed by atoms with Gasteiger partial charge in [-0.2, -0.15) is 10.1 Å². The zero-order valence-electron chi connectivity index (χ0n) is 14.1. The number of hydrogen-bond acceptors (Lipinski definition) is 5. The molecular formula is C19H16ClN3O2S. The fraction of sp³-hybridized carbons (Fsp3) is 0.211. The van der Waals surface area contributed by atoms with E-state index in [2.05, 4.69) is 4.99 Å². The standard InChI is InChI=1S/C19H16ClN3O2S/c1-25-15-8-4-13(5-9-15)17-10-16(12-2-6-14(20)7-3-12)22-23(17)18-11-26-19(24)21-18/h2-9,17H,10-11H2,1H3. The summed E-state index contributed by atoms with van der Waals surface area (Å²) in [6.45, 7) is 0. The van der Waals surface area contributed by atoms with E-state index in [4.69, 9.17) is 21.4 Å². The largest absolute Gasteiger partial charge is 0.497 e. The third kappa shape index (κ3) is 3.34. The second-order valence-corrected chi connectivity index (χ2v) is 7.34. The number of thioether (sulfide) groups is 1. The number of methoxy groups -OCH3 is 1. The van der Waals surface area contributed by atoms with E-state index in [0.29, 0.717) is 16.6 Å². The Labute approximate surface area is 160 Å². The van der Waals surface area contributed by atoms with Crippen molar-refractivity contribution in [3.8, 4) is 5.75 Å². The number of ether oxygens (including phenoxy) is 1. The molecular weight excluding hydrogens is 370 g/mol. The van der Waals surface area contributed by atoms with Crippen LogP contribution in [0.4, 0.5) is 4.79 Å². The minimum absolute atomic E-state index is 0.00293. The number of aliphatic imine (C=N–C) groups is 1. The summed E-state index contributed by atoms with van der Waals surface area (Å²) in [4.78, 5) is 15.7. The molecule has 2 aromatic rings. The molecule has 2 aliphatic rings. The molecule has 2 aliphatic heterocycles. The highest BCUT2D eigenvalue weighted by Crippen LogP contribution is 2.35. The molecule has 0 radical (unpaired) electrons. The van der Waals surface area contributed by atoms with Gasteiger partial charge in [-0.25, -0.2) is 5.01 Å². The third-order valence-electron chi connectivity index (χ3n) is 4.40. The number of hydrogen-bond donors (Lipinski definition) is 0. The second-order valence-electron chi connectivity index (χ2n) is 5.97. The fourth-order valence-corrected chi connectivity index (χ4v) is 3.81. The van der Waals surface area contributed by atoms with Gasteiger partial charge in [-0.15, -0.1) is 0 Å². The Hall–Kier alpha value is -2.31. The SMILES string of the molecule is COc1ccc(C2CC(c3ccc(Cl)cc3)=NN2C2=NC(=O)SC2)cc1.